The minimum Gasteiger partial charge on any atom is -0.339 e. The van der Waals surface area contributed by atoms with Crippen molar-refractivity contribution in [1.29, 1.82) is 0 Å². The number of pyridine rings is 1. The Morgan fingerprint density at radius 2 is 2.00 bits per heavy atom. The number of hydrogen-bond donors (Lipinski definition) is 1. The summed E-state index contributed by atoms with van der Waals surface area (Å²) < 4.78 is 0. The second kappa shape index (κ2) is 6.28. The summed E-state index contributed by atoms with van der Waals surface area (Å²) in [6.45, 7) is 2.87. The maximum Gasteiger partial charge on any atom is 0.253 e. The zero-order chi connectivity index (χ0) is 15.6. The van der Waals surface area contributed by atoms with Crippen LogP contribution in [-0.4, -0.2) is 41.5 Å². The topological polar surface area (TPSA) is 45.2 Å². The van der Waals surface area contributed by atoms with Gasteiger partial charge in [0.15, 0.2) is 0 Å². The summed E-state index contributed by atoms with van der Waals surface area (Å²) in [4.78, 5) is 19.0. The summed E-state index contributed by atoms with van der Waals surface area (Å²) in [6.07, 6.45) is 6.69. The van der Waals surface area contributed by atoms with E-state index >= 15 is 0 Å². The highest BCUT2D eigenvalue weighted by atomic mass is 16.2. The van der Waals surface area contributed by atoms with Gasteiger partial charge in [0.05, 0.1) is 5.52 Å². The number of fused-ring (bicyclic) bond motifs is 1. The summed E-state index contributed by atoms with van der Waals surface area (Å²) in [7, 11) is 0. The Morgan fingerprint density at radius 1 is 1.17 bits per heavy atom. The molecule has 0 radical (unpaired) electrons. The highest BCUT2D eigenvalue weighted by Gasteiger charge is 2.26. The van der Waals surface area contributed by atoms with E-state index in [1.54, 1.807) is 6.20 Å². The van der Waals surface area contributed by atoms with Gasteiger partial charge in [0.1, 0.15) is 0 Å². The Labute approximate surface area is 136 Å². The third-order valence-corrected chi connectivity index (χ3v) is 5.02. The molecule has 4 heteroatoms. The molecule has 0 atom stereocenters. The van der Waals surface area contributed by atoms with Gasteiger partial charge in [-0.15, -0.1) is 0 Å². The van der Waals surface area contributed by atoms with Crippen LogP contribution in [0.1, 0.15) is 36.0 Å². The van der Waals surface area contributed by atoms with Crippen molar-refractivity contribution >= 4 is 16.8 Å². The first-order valence-electron chi connectivity index (χ1n) is 8.67. The van der Waals surface area contributed by atoms with Gasteiger partial charge in [0, 0.05) is 36.3 Å². The molecule has 120 valence electrons. The molecule has 1 saturated carbocycles. The molecule has 2 aliphatic rings. The highest BCUT2D eigenvalue weighted by Crippen LogP contribution is 2.28. The lowest BCUT2D eigenvalue weighted by Crippen LogP contribution is -2.45. The molecule has 1 amide bonds. The quantitative estimate of drug-likeness (QED) is 0.944. The fraction of sp³-hybridized carbons (Fsp3) is 0.474. The van der Waals surface area contributed by atoms with E-state index in [-0.39, 0.29) is 5.91 Å². The van der Waals surface area contributed by atoms with Crippen LogP contribution in [0.3, 0.4) is 0 Å². The van der Waals surface area contributed by atoms with Crippen molar-refractivity contribution in [2.75, 3.05) is 19.6 Å². The Bertz CT molecular complexity index is 703. The Hall–Kier alpha value is -1.94. The highest BCUT2D eigenvalue weighted by molar-refractivity contribution is 5.97. The number of amides is 1. The van der Waals surface area contributed by atoms with Crippen LogP contribution in [0.4, 0.5) is 0 Å². The lowest BCUT2D eigenvalue weighted by atomic mass is 10.0. The average Bonchev–Trinajstić information content (AvgIpc) is 3.44. The maximum atomic E-state index is 12.7. The van der Waals surface area contributed by atoms with Gasteiger partial charge in [-0.25, -0.2) is 0 Å². The average molecular weight is 309 g/mol. The van der Waals surface area contributed by atoms with E-state index in [1.807, 2.05) is 35.2 Å². The van der Waals surface area contributed by atoms with Crippen molar-refractivity contribution in [2.45, 2.75) is 31.7 Å². The molecule has 4 rings (SSSR count). The number of piperidine rings is 1. The first-order chi connectivity index (χ1) is 11.3. The minimum atomic E-state index is 0.149. The van der Waals surface area contributed by atoms with Gasteiger partial charge in [0.2, 0.25) is 0 Å². The molecule has 0 spiro atoms. The predicted octanol–water partition coefficient (Wildman–Crippen LogP) is 2.84. The molecule has 1 aliphatic heterocycles. The van der Waals surface area contributed by atoms with E-state index < -0.39 is 0 Å². The van der Waals surface area contributed by atoms with Gasteiger partial charge in [-0.2, -0.15) is 0 Å². The van der Waals surface area contributed by atoms with Crippen LogP contribution < -0.4 is 5.32 Å². The van der Waals surface area contributed by atoms with Crippen molar-refractivity contribution in [2.24, 2.45) is 5.92 Å². The number of carbonyl (C=O) groups is 1. The van der Waals surface area contributed by atoms with E-state index in [2.05, 4.69) is 10.3 Å². The van der Waals surface area contributed by atoms with Crippen LogP contribution in [0.15, 0.2) is 36.5 Å². The van der Waals surface area contributed by atoms with Crippen LogP contribution in [0.5, 0.6) is 0 Å². The maximum absolute atomic E-state index is 12.7. The molecule has 0 bridgehead atoms. The third-order valence-electron chi connectivity index (χ3n) is 5.02. The van der Waals surface area contributed by atoms with Crippen LogP contribution in [0.2, 0.25) is 0 Å². The summed E-state index contributed by atoms with van der Waals surface area (Å²) >= 11 is 0. The molecule has 1 aliphatic carbocycles. The fourth-order valence-electron chi connectivity index (χ4n) is 3.33. The van der Waals surface area contributed by atoms with Crippen molar-refractivity contribution in [3.8, 4) is 0 Å². The molecule has 23 heavy (non-hydrogen) atoms. The number of hydrogen-bond acceptors (Lipinski definition) is 3. The predicted molar refractivity (Wildman–Crippen MR) is 91.4 cm³/mol. The van der Waals surface area contributed by atoms with E-state index in [1.165, 1.54) is 12.8 Å². The van der Waals surface area contributed by atoms with E-state index in [9.17, 15) is 4.79 Å². The molecule has 1 aromatic carbocycles. The largest absolute Gasteiger partial charge is 0.339 e. The molecule has 2 heterocycles. The molecule has 2 aromatic rings. The smallest absolute Gasteiger partial charge is 0.253 e. The molecular formula is C19H23N3O. The second-order valence-electron chi connectivity index (χ2n) is 6.83. The molecule has 1 saturated heterocycles. The van der Waals surface area contributed by atoms with Gasteiger partial charge >= 0.3 is 0 Å². The van der Waals surface area contributed by atoms with Crippen LogP contribution in [0, 0.1) is 5.92 Å². The lowest BCUT2D eigenvalue weighted by molar-refractivity contribution is 0.0705. The number of likely N-dealkylation sites (tertiary alicyclic amines) is 1. The molecule has 4 nitrogen and oxygen atoms in total. The number of benzene rings is 1. The number of nitrogens with zero attached hydrogens (tertiary/aromatic N) is 2. The number of aromatic nitrogens is 1. The minimum absolute atomic E-state index is 0.149. The Morgan fingerprint density at radius 3 is 2.78 bits per heavy atom. The number of carbonyl (C=O) groups excluding carboxylic acids is 1. The summed E-state index contributed by atoms with van der Waals surface area (Å²) in [6, 6.07) is 10.3. The second-order valence-corrected chi connectivity index (χ2v) is 6.83. The normalized spacial score (nSPS) is 19.2. The van der Waals surface area contributed by atoms with Crippen molar-refractivity contribution in [1.82, 2.24) is 15.2 Å². The van der Waals surface area contributed by atoms with Gasteiger partial charge in [-0.3, -0.25) is 9.78 Å². The number of nitrogens with one attached hydrogen (secondary N) is 1. The zero-order valence-electron chi connectivity index (χ0n) is 13.4. The third kappa shape index (κ3) is 3.37. The fourth-order valence-corrected chi connectivity index (χ4v) is 3.33. The van der Waals surface area contributed by atoms with Crippen molar-refractivity contribution in [3.63, 3.8) is 0 Å². The summed E-state index contributed by atoms with van der Waals surface area (Å²) in [5.41, 5.74) is 1.71. The lowest BCUT2D eigenvalue weighted by Gasteiger charge is -2.32. The summed E-state index contributed by atoms with van der Waals surface area (Å²) in [5, 5.41) is 4.69. The van der Waals surface area contributed by atoms with Gasteiger partial charge in [0.25, 0.3) is 5.91 Å². The molecular weight excluding hydrogens is 286 g/mol. The van der Waals surface area contributed by atoms with Crippen LogP contribution in [-0.2, 0) is 0 Å². The Kier molecular flexibility index (Phi) is 4.00. The molecule has 0 unspecified atom stereocenters. The first-order valence-corrected chi connectivity index (χ1v) is 8.67. The van der Waals surface area contributed by atoms with Crippen molar-refractivity contribution in [3.05, 3.63) is 42.1 Å². The summed E-state index contributed by atoms with van der Waals surface area (Å²) in [5.74, 6) is 1.07. The van der Waals surface area contributed by atoms with E-state index in [0.29, 0.717) is 6.04 Å². The van der Waals surface area contributed by atoms with Gasteiger partial charge in [-0.05, 0) is 62.4 Å². The zero-order valence-corrected chi connectivity index (χ0v) is 13.4. The van der Waals surface area contributed by atoms with Crippen LogP contribution >= 0.6 is 0 Å². The van der Waals surface area contributed by atoms with Crippen molar-refractivity contribution < 1.29 is 4.79 Å². The monoisotopic (exact) mass is 309 g/mol. The molecule has 1 N–H and O–H groups in total. The number of rotatable bonds is 4. The van der Waals surface area contributed by atoms with Crippen LogP contribution in [0.25, 0.3) is 10.9 Å². The van der Waals surface area contributed by atoms with E-state index in [0.717, 1.165) is 54.9 Å². The van der Waals surface area contributed by atoms with E-state index in [4.69, 9.17) is 0 Å². The first kappa shape index (κ1) is 14.6. The SMILES string of the molecule is O=C(c1ccc2ncccc2c1)N1CCC(NCC2CC2)CC1. The Balaban J connectivity index is 1.38. The van der Waals surface area contributed by atoms with Gasteiger partial charge < -0.3 is 10.2 Å². The molecule has 2 fully saturated rings. The molecule has 1 aromatic heterocycles. The standard InChI is InChI=1S/C19H23N3O/c23-19(16-5-6-18-15(12-16)2-1-9-20-18)22-10-7-17(8-11-22)21-13-14-3-4-14/h1-2,5-6,9,12,14,17,21H,3-4,7-8,10-11,13H2. The van der Waals surface area contributed by atoms with Gasteiger partial charge in [-0.1, -0.05) is 6.07 Å².